The Labute approximate surface area is 110 Å². The van der Waals surface area contributed by atoms with Crippen molar-refractivity contribution in [1.82, 2.24) is 0 Å². The minimum atomic E-state index is 0.306. The number of unbranched alkanes of at least 4 members (excludes halogenated alkanes) is 1. The molecule has 0 aromatic heterocycles. The molecule has 0 aliphatic carbocycles. The topological polar surface area (TPSA) is 45.0 Å². The van der Waals surface area contributed by atoms with Crippen molar-refractivity contribution in [2.24, 2.45) is 0 Å². The summed E-state index contributed by atoms with van der Waals surface area (Å²) >= 11 is 0. The van der Waals surface area contributed by atoms with E-state index < -0.39 is 0 Å². The lowest BCUT2D eigenvalue weighted by atomic mass is 10.1. The number of hydrogen-bond donors (Lipinski definition) is 1. The highest BCUT2D eigenvalue weighted by atomic mass is 16.5. The quantitative estimate of drug-likeness (QED) is 0.749. The summed E-state index contributed by atoms with van der Waals surface area (Å²) in [5, 5.41) is 12.3. The molecule has 0 fully saturated rings. The number of hydrogen-bond acceptors (Lipinski definition) is 3. The molecule has 0 heterocycles. The maximum absolute atomic E-state index is 9.03. The third kappa shape index (κ3) is 5.20. The number of anilines is 1. The van der Waals surface area contributed by atoms with Gasteiger partial charge in [0.25, 0.3) is 0 Å². The highest BCUT2D eigenvalue weighted by Crippen LogP contribution is 2.16. The third-order valence-corrected chi connectivity index (χ3v) is 2.63. The molecule has 1 aromatic carbocycles. The second-order valence-corrected chi connectivity index (χ2v) is 4.71. The first kappa shape index (κ1) is 14.5. The zero-order chi connectivity index (χ0) is 13.4. The van der Waals surface area contributed by atoms with Crippen molar-refractivity contribution in [2.75, 3.05) is 18.5 Å². The Morgan fingerprint density at radius 2 is 2.11 bits per heavy atom. The van der Waals surface area contributed by atoms with E-state index in [1.54, 1.807) is 0 Å². The molecule has 0 atom stereocenters. The third-order valence-electron chi connectivity index (χ3n) is 2.63. The first-order valence-corrected chi connectivity index (χ1v) is 6.49. The van der Waals surface area contributed by atoms with Crippen molar-refractivity contribution in [2.45, 2.75) is 39.7 Å². The lowest BCUT2D eigenvalue weighted by Crippen LogP contribution is -2.07. The van der Waals surface area contributed by atoms with E-state index in [0.717, 1.165) is 37.2 Å². The molecule has 0 saturated heterocycles. The smallest absolute Gasteiger partial charge is 0.101 e. The standard InChI is InChI=1S/C15H22N2O/c1-12(2)18-9-5-4-8-17-15-7-6-13(3)10-14(15)11-16/h6-7,10,12,17H,4-5,8-9H2,1-3H3. The molecule has 0 radical (unpaired) electrons. The minimum absolute atomic E-state index is 0.306. The molecule has 1 N–H and O–H groups in total. The second-order valence-electron chi connectivity index (χ2n) is 4.71. The van der Waals surface area contributed by atoms with Gasteiger partial charge in [0.05, 0.1) is 17.4 Å². The molecule has 3 heteroatoms. The van der Waals surface area contributed by atoms with Crippen LogP contribution in [0.15, 0.2) is 18.2 Å². The van der Waals surface area contributed by atoms with Crippen LogP contribution in [0.5, 0.6) is 0 Å². The van der Waals surface area contributed by atoms with E-state index in [4.69, 9.17) is 10.00 Å². The van der Waals surface area contributed by atoms with Gasteiger partial charge in [-0.15, -0.1) is 0 Å². The largest absolute Gasteiger partial charge is 0.384 e. The number of nitrogens with zero attached hydrogens (tertiary/aromatic N) is 1. The van der Waals surface area contributed by atoms with Gasteiger partial charge in [0.1, 0.15) is 6.07 Å². The molecule has 1 aromatic rings. The average Bonchev–Trinajstić information content (AvgIpc) is 2.34. The van der Waals surface area contributed by atoms with Crippen LogP contribution in [0.2, 0.25) is 0 Å². The Morgan fingerprint density at radius 1 is 1.33 bits per heavy atom. The fraction of sp³-hybridized carbons (Fsp3) is 0.533. The van der Waals surface area contributed by atoms with Gasteiger partial charge < -0.3 is 10.1 Å². The molecule has 1 rings (SSSR count). The molecule has 0 spiro atoms. The van der Waals surface area contributed by atoms with Gasteiger partial charge in [0.15, 0.2) is 0 Å². The van der Waals surface area contributed by atoms with Crippen LogP contribution in [0.25, 0.3) is 0 Å². The summed E-state index contributed by atoms with van der Waals surface area (Å²) in [7, 11) is 0. The van der Waals surface area contributed by atoms with Crippen LogP contribution in [-0.4, -0.2) is 19.3 Å². The zero-order valence-electron chi connectivity index (χ0n) is 11.5. The van der Waals surface area contributed by atoms with Gasteiger partial charge in [-0.05, 0) is 51.3 Å². The molecule has 0 bridgehead atoms. The summed E-state index contributed by atoms with van der Waals surface area (Å²) in [6.07, 6.45) is 2.39. The van der Waals surface area contributed by atoms with Gasteiger partial charge in [-0.25, -0.2) is 0 Å². The van der Waals surface area contributed by atoms with Crippen LogP contribution >= 0.6 is 0 Å². The Morgan fingerprint density at radius 3 is 2.78 bits per heavy atom. The van der Waals surface area contributed by atoms with Crippen LogP contribution in [0.1, 0.15) is 37.8 Å². The molecule has 0 saturated carbocycles. The van der Waals surface area contributed by atoms with Gasteiger partial charge in [0, 0.05) is 13.2 Å². The van der Waals surface area contributed by atoms with Crippen molar-refractivity contribution in [3.63, 3.8) is 0 Å². The van der Waals surface area contributed by atoms with Gasteiger partial charge in [-0.3, -0.25) is 0 Å². The summed E-state index contributed by atoms with van der Waals surface area (Å²) in [6, 6.07) is 8.11. The van der Waals surface area contributed by atoms with Crippen molar-refractivity contribution in [3.8, 4) is 6.07 Å². The number of aryl methyl sites for hydroxylation is 1. The van der Waals surface area contributed by atoms with Gasteiger partial charge >= 0.3 is 0 Å². The molecule has 0 amide bonds. The van der Waals surface area contributed by atoms with Crippen molar-refractivity contribution >= 4 is 5.69 Å². The number of benzene rings is 1. The summed E-state index contributed by atoms with van der Waals surface area (Å²) in [6.45, 7) is 7.76. The van der Waals surface area contributed by atoms with Crippen LogP contribution < -0.4 is 5.32 Å². The Hall–Kier alpha value is -1.53. The Balaban J connectivity index is 2.29. The highest BCUT2D eigenvalue weighted by molar-refractivity contribution is 5.58. The summed E-state index contributed by atoms with van der Waals surface area (Å²) in [4.78, 5) is 0. The minimum Gasteiger partial charge on any atom is -0.384 e. The van der Waals surface area contributed by atoms with E-state index in [9.17, 15) is 0 Å². The molecule has 3 nitrogen and oxygen atoms in total. The van der Waals surface area contributed by atoms with Crippen LogP contribution in [0.4, 0.5) is 5.69 Å². The Kier molecular flexibility index (Phi) is 6.24. The average molecular weight is 246 g/mol. The predicted octanol–water partition coefficient (Wildman–Crippen LogP) is 3.48. The van der Waals surface area contributed by atoms with E-state index >= 15 is 0 Å². The first-order chi connectivity index (χ1) is 8.63. The number of nitrogens with one attached hydrogen (secondary N) is 1. The van der Waals surface area contributed by atoms with Crippen molar-refractivity contribution in [1.29, 1.82) is 5.26 Å². The second kappa shape index (κ2) is 7.73. The molecular weight excluding hydrogens is 224 g/mol. The van der Waals surface area contributed by atoms with Gasteiger partial charge in [0.2, 0.25) is 0 Å². The monoisotopic (exact) mass is 246 g/mol. The molecule has 0 unspecified atom stereocenters. The maximum atomic E-state index is 9.03. The normalized spacial score (nSPS) is 10.4. The van der Waals surface area contributed by atoms with E-state index in [0.29, 0.717) is 11.7 Å². The molecule has 0 aliphatic rings. The first-order valence-electron chi connectivity index (χ1n) is 6.49. The van der Waals surface area contributed by atoms with Crippen LogP contribution in [0, 0.1) is 18.3 Å². The van der Waals surface area contributed by atoms with Crippen molar-refractivity contribution in [3.05, 3.63) is 29.3 Å². The fourth-order valence-electron chi connectivity index (χ4n) is 1.67. The SMILES string of the molecule is Cc1ccc(NCCCCOC(C)C)c(C#N)c1. The number of rotatable bonds is 7. The van der Waals surface area contributed by atoms with E-state index in [-0.39, 0.29) is 0 Å². The Bertz CT molecular complexity index is 407. The van der Waals surface area contributed by atoms with Gasteiger partial charge in [-0.1, -0.05) is 6.07 Å². The fourth-order valence-corrected chi connectivity index (χ4v) is 1.67. The van der Waals surface area contributed by atoms with E-state index in [2.05, 4.69) is 11.4 Å². The summed E-state index contributed by atoms with van der Waals surface area (Å²) in [5.41, 5.74) is 2.75. The lowest BCUT2D eigenvalue weighted by molar-refractivity contribution is 0.0765. The van der Waals surface area contributed by atoms with E-state index in [1.807, 2.05) is 39.0 Å². The predicted molar refractivity (Wildman–Crippen MR) is 74.7 cm³/mol. The molecular formula is C15H22N2O. The van der Waals surface area contributed by atoms with Gasteiger partial charge in [-0.2, -0.15) is 5.26 Å². The summed E-state index contributed by atoms with van der Waals surface area (Å²) < 4.78 is 5.47. The number of ether oxygens (including phenoxy) is 1. The van der Waals surface area contributed by atoms with Crippen LogP contribution in [-0.2, 0) is 4.74 Å². The maximum Gasteiger partial charge on any atom is 0.101 e. The number of nitriles is 1. The zero-order valence-corrected chi connectivity index (χ0v) is 11.5. The summed E-state index contributed by atoms with van der Waals surface area (Å²) in [5.74, 6) is 0. The molecule has 18 heavy (non-hydrogen) atoms. The molecule has 0 aliphatic heterocycles. The van der Waals surface area contributed by atoms with Crippen molar-refractivity contribution < 1.29 is 4.74 Å². The lowest BCUT2D eigenvalue weighted by Gasteiger charge is -2.10. The molecule has 98 valence electrons. The van der Waals surface area contributed by atoms with Crippen LogP contribution in [0.3, 0.4) is 0 Å². The highest BCUT2D eigenvalue weighted by Gasteiger charge is 2.01. The van der Waals surface area contributed by atoms with E-state index in [1.165, 1.54) is 0 Å².